The van der Waals surface area contributed by atoms with Crippen LogP contribution < -0.4 is 5.32 Å². The van der Waals surface area contributed by atoms with Gasteiger partial charge in [-0.05, 0) is 55.8 Å². The molecule has 0 spiro atoms. The molecule has 0 saturated carbocycles. The lowest BCUT2D eigenvalue weighted by molar-refractivity contribution is -0.115. The van der Waals surface area contributed by atoms with E-state index in [-0.39, 0.29) is 22.9 Å². The lowest BCUT2D eigenvalue weighted by Gasteiger charge is -2.26. The molecule has 1 aliphatic rings. The van der Waals surface area contributed by atoms with Gasteiger partial charge in [-0.1, -0.05) is 36.2 Å². The van der Waals surface area contributed by atoms with Crippen LogP contribution in [0.1, 0.15) is 30.4 Å². The quantitative estimate of drug-likeness (QED) is 0.842. The van der Waals surface area contributed by atoms with Gasteiger partial charge in [0.15, 0.2) is 0 Å². The molecule has 0 radical (unpaired) electrons. The van der Waals surface area contributed by atoms with Crippen molar-refractivity contribution < 1.29 is 9.18 Å². The molecule has 0 aliphatic carbocycles. The molecule has 3 rings (SSSR count). The Morgan fingerprint density at radius 3 is 2.64 bits per heavy atom. The molecular weight excluding hydrogens is 339 g/mol. The fourth-order valence-corrected chi connectivity index (χ4v) is 3.42. The van der Waals surface area contributed by atoms with Crippen LogP contribution in [0.4, 0.5) is 10.1 Å². The maximum absolute atomic E-state index is 13.8. The van der Waals surface area contributed by atoms with Crippen molar-refractivity contribution in [1.29, 1.82) is 0 Å². The zero-order valence-corrected chi connectivity index (χ0v) is 14.9. The molecule has 2 aromatic carbocycles. The molecule has 3 nitrogen and oxygen atoms in total. The number of halogens is 2. The van der Waals surface area contributed by atoms with Crippen molar-refractivity contribution in [2.24, 2.45) is 0 Å². The second-order valence-electron chi connectivity index (χ2n) is 6.46. The first-order chi connectivity index (χ1) is 12.1. The van der Waals surface area contributed by atoms with Gasteiger partial charge >= 0.3 is 0 Å². The summed E-state index contributed by atoms with van der Waals surface area (Å²) in [5, 5.41) is 3.11. The summed E-state index contributed by atoms with van der Waals surface area (Å²) in [6.07, 6.45) is 3.73. The highest BCUT2D eigenvalue weighted by Crippen LogP contribution is 2.21. The SMILES string of the molecule is O=C(Cc1c(F)cccc1Cl)Nc1cccc(CN2CCCCC2)c1. The summed E-state index contributed by atoms with van der Waals surface area (Å²) in [7, 11) is 0. The van der Waals surface area contributed by atoms with Crippen molar-refractivity contribution >= 4 is 23.2 Å². The van der Waals surface area contributed by atoms with Crippen LogP contribution in [0.2, 0.25) is 5.02 Å². The molecule has 1 saturated heterocycles. The van der Waals surface area contributed by atoms with Crippen molar-refractivity contribution in [2.75, 3.05) is 18.4 Å². The Morgan fingerprint density at radius 1 is 1.12 bits per heavy atom. The van der Waals surface area contributed by atoms with Gasteiger partial charge in [0.2, 0.25) is 5.91 Å². The van der Waals surface area contributed by atoms with Crippen LogP contribution in [0, 0.1) is 5.82 Å². The third kappa shape index (κ3) is 5.03. The van der Waals surface area contributed by atoms with Crippen molar-refractivity contribution in [1.82, 2.24) is 4.90 Å². The third-order valence-electron chi connectivity index (χ3n) is 4.46. The zero-order valence-electron chi connectivity index (χ0n) is 14.1. The molecule has 2 aromatic rings. The molecule has 1 heterocycles. The number of carbonyl (C=O) groups is 1. The number of hydrogen-bond acceptors (Lipinski definition) is 2. The van der Waals surface area contributed by atoms with E-state index < -0.39 is 5.82 Å². The molecule has 5 heteroatoms. The Hall–Kier alpha value is -1.91. The highest BCUT2D eigenvalue weighted by atomic mass is 35.5. The van der Waals surface area contributed by atoms with E-state index in [1.807, 2.05) is 18.2 Å². The van der Waals surface area contributed by atoms with Gasteiger partial charge in [0.05, 0.1) is 6.42 Å². The molecule has 1 amide bonds. The zero-order chi connectivity index (χ0) is 17.6. The van der Waals surface area contributed by atoms with Crippen molar-refractivity contribution in [3.8, 4) is 0 Å². The fourth-order valence-electron chi connectivity index (χ4n) is 3.19. The number of amides is 1. The Balaban J connectivity index is 1.62. The van der Waals surface area contributed by atoms with Crippen LogP contribution >= 0.6 is 11.6 Å². The van der Waals surface area contributed by atoms with Gasteiger partial charge in [-0.25, -0.2) is 4.39 Å². The minimum atomic E-state index is -0.457. The third-order valence-corrected chi connectivity index (χ3v) is 4.82. The van der Waals surface area contributed by atoms with Gasteiger partial charge in [-0.15, -0.1) is 0 Å². The van der Waals surface area contributed by atoms with E-state index in [2.05, 4.69) is 16.3 Å². The molecule has 0 atom stereocenters. The largest absolute Gasteiger partial charge is 0.326 e. The van der Waals surface area contributed by atoms with E-state index >= 15 is 0 Å². The van der Waals surface area contributed by atoms with Gasteiger partial charge in [0, 0.05) is 22.8 Å². The Bertz CT molecular complexity index is 724. The van der Waals surface area contributed by atoms with Crippen LogP contribution in [0.5, 0.6) is 0 Å². The number of likely N-dealkylation sites (tertiary alicyclic amines) is 1. The molecule has 1 aliphatic heterocycles. The summed E-state index contributed by atoms with van der Waals surface area (Å²) in [4.78, 5) is 14.7. The van der Waals surface area contributed by atoms with Gasteiger partial charge in [-0.3, -0.25) is 9.69 Å². The van der Waals surface area contributed by atoms with Crippen LogP contribution in [0.25, 0.3) is 0 Å². The molecule has 0 aromatic heterocycles. The molecule has 1 N–H and O–H groups in total. The lowest BCUT2D eigenvalue weighted by Crippen LogP contribution is -2.29. The molecular formula is C20H22ClFN2O. The molecule has 25 heavy (non-hydrogen) atoms. The number of carbonyl (C=O) groups excluding carboxylic acids is 1. The van der Waals surface area contributed by atoms with E-state index in [9.17, 15) is 9.18 Å². The van der Waals surface area contributed by atoms with E-state index in [4.69, 9.17) is 11.6 Å². The highest BCUT2D eigenvalue weighted by Gasteiger charge is 2.13. The van der Waals surface area contributed by atoms with Crippen molar-refractivity contribution in [2.45, 2.75) is 32.2 Å². The number of benzene rings is 2. The summed E-state index contributed by atoms with van der Waals surface area (Å²) in [6.45, 7) is 3.15. The predicted octanol–water partition coefficient (Wildman–Crippen LogP) is 4.65. The first kappa shape index (κ1) is 17.9. The van der Waals surface area contributed by atoms with E-state index in [0.717, 1.165) is 25.3 Å². The summed E-state index contributed by atoms with van der Waals surface area (Å²) >= 11 is 5.98. The minimum Gasteiger partial charge on any atom is -0.326 e. The monoisotopic (exact) mass is 360 g/mol. The molecule has 132 valence electrons. The number of piperidine rings is 1. The van der Waals surface area contributed by atoms with Gasteiger partial charge in [0.1, 0.15) is 5.82 Å². The number of nitrogens with zero attached hydrogens (tertiary/aromatic N) is 1. The Labute approximate surface area is 152 Å². The summed E-state index contributed by atoms with van der Waals surface area (Å²) in [6, 6.07) is 12.3. The fraction of sp³-hybridized carbons (Fsp3) is 0.350. The topological polar surface area (TPSA) is 32.3 Å². The molecule has 1 fully saturated rings. The van der Waals surface area contributed by atoms with Crippen LogP contribution in [0.3, 0.4) is 0 Å². The highest BCUT2D eigenvalue weighted by molar-refractivity contribution is 6.31. The number of nitrogens with one attached hydrogen (secondary N) is 1. The Morgan fingerprint density at radius 2 is 1.88 bits per heavy atom. The first-order valence-electron chi connectivity index (χ1n) is 8.66. The summed E-state index contributed by atoms with van der Waals surface area (Å²) in [5.74, 6) is -0.733. The van der Waals surface area contributed by atoms with E-state index in [1.165, 1.54) is 37.0 Å². The first-order valence-corrected chi connectivity index (χ1v) is 9.03. The summed E-state index contributed by atoms with van der Waals surface area (Å²) < 4.78 is 13.8. The van der Waals surface area contributed by atoms with Crippen LogP contribution in [-0.4, -0.2) is 23.9 Å². The van der Waals surface area contributed by atoms with E-state index in [0.29, 0.717) is 0 Å². The maximum atomic E-state index is 13.8. The second kappa shape index (κ2) is 8.45. The van der Waals surface area contributed by atoms with Gasteiger partial charge in [0.25, 0.3) is 0 Å². The van der Waals surface area contributed by atoms with Crippen molar-refractivity contribution in [3.63, 3.8) is 0 Å². The smallest absolute Gasteiger partial charge is 0.228 e. The van der Waals surface area contributed by atoms with Gasteiger partial charge < -0.3 is 5.32 Å². The average molecular weight is 361 g/mol. The van der Waals surface area contributed by atoms with E-state index in [1.54, 1.807) is 6.07 Å². The molecule has 0 bridgehead atoms. The maximum Gasteiger partial charge on any atom is 0.228 e. The Kier molecular flexibility index (Phi) is 6.05. The minimum absolute atomic E-state index is 0.0815. The number of hydrogen-bond donors (Lipinski definition) is 1. The second-order valence-corrected chi connectivity index (χ2v) is 6.87. The normalized spacial score (nSPS) is 15.1. The predicted molar refractivity (Wildman–Crippen MR) is 99.3 cm³/mol. The number of rotatable bonds is 5. The van der Waals surface area contributed by atoms with Crippen molar-refractivity contribution in [3.05, 3.63) is 64.4 Å². The number of anilines is 1. The molecule has 0 unspecified atom stereocenters. The average Bonchev–Trinajstić information content (AvgIpc) is 2.59. The summed E-state index contributed by atoms with van der Waals surface area (Å²) in [5.41, 5.74) is 2.13. The van der Waals surface area contributed by atoms with Crippen LogP contribution in [-0.2, 0) is 17.8 Å². The standard InChI is InChI=1S/C20H22ClFN2O/c21-18-8-5-9-19(22)17(18)13-20(25)23-16-7-4-6-15(12-16)14-24-10-2-1-3-11-24/h4-9,12H,1-3,10-11,13-14H2,(H,23,25). The van der Waals surface area contributed by atoms with Crippen LogP contribution in [0.15, 0.2) is 42.5 Å². The van der Waals surface area contributed by atoms with Gasteiger partial charge in [-0.2, -0.15) is 0 Å². The lowest BCUT2D eigenvalue weighted by atomic mass is 10.1.